The maximum absolute atomic E-state index is 13.6. The summed E-state index contributed by atoms with van der Waals surface area (Å²) in [4.78, 5) is 26.9. The molecule has 8 heteroatoms. The van der Waals surface area contributed by atoms with Crippen LogP contribution in [0.1, 0.15) is 48.7 Å². The highest BCUT2D eigenvalue weighted by atomic mass is 35.5. The van der Waals surface area contributed by atoms with Crippen molar-refractivity contribution < 1.29 is 24.2 Å². The van der Waals surface area contributed by atoms with E-state index < -0.39 is 11.5 Å². The average Bonchev–Trinajstić information content (AvgIpc) is 2.82. The number of carboxylic acids is 1. The topological polar surface area (TPSA) is 88.1 Å². The lowest BCUT2D eigenvalue weighted by Crippen LogP contribution is -2.62. The summed E-state index contributed by atoms with van der Waals surface area (Å²) in [5, 5.41) is 12.9. The summed E-state index contributed by atoms with van der Waals surface area (Å²) in [5.74, 6) is -0.328. The van der Waals surface area contributed by atoms with Gasteiger partial charge < -0.3 is 19.9 Å². The third-order valence-corrected chi connectivity index (χ3v) is 6.40. The number of rotatable bonds is 10. The summed E-state index contributed by atoms with van der Waals surface area (Å²) in [6.07, 6.45) is 1.18. The standard InChI is InChI=1S/C25H31ClN2O5/c1-3-28(13-16-33-22-6-4-5-21(26)17-22)25(11-14-32-15-12-25)24(31)27-18(2)19-7-9-20(10-8-19)23(29)30/h4-10,17-18H,3,11-16H2,1-2H3,(H,27,31)(H,29,30). The molecule has 1 heterocycles. The number of benzene rings is 2. The molecule has 1 saturated heterocycles. The number of halogens is 1. The van der Waals surface area contributed by atoms with Crippen LogP contribution >= 0.6 is 11.6 Å². The van der Waals surface area contributed by atoms with Crippen LogP contribution in [0.5, 0.6) is 5.75 Å². The molecular formula is C25H31ClN2O5. The molecule has 178 valence electrons. The van der Waals surface area contributed by atoms with Gasteiger partial charge >= 0.3 is 5.97 Å². The lowest BCUT2D eigenvalue weighted by atomic mass is 9.86. The zero-order chi connectivity index (χ0) is 23.8. The molecule has 1 amide bonds. The fraction of sp³-hybridized carbons (Fsp3) is 0.440. The molecule has 3 rings (SSSR count). The van der Waals surface area contributed by atoms with Crippen molar-refractivity contribution in [2.75, 3.05) is 32.9 Å². The van der Waals surface area contributed by atoms with Gasteiger partial charge in [0.2, 0.25) is 5.91 Å². The number of hydrogen-bond acceptors (Lipinski definition) is 5. The first-order valence-electron chi connectivity index (χ1n) is 11.2. The highest BCUT2D eigenvalue weighted by Crippen LogP contribution is 2.30. The molecule has 0 aromatic heterocycles. The van der Waals surface area contributed by atoms with Crippen molar-refractivity contribution in [3.63, 3.8) is 0 Å². The van der Waals surface area contributed by atoms with Gasteiger partial charge in [0.1, 0.15) is 17.9 Å². The van der Waals surface area contributed by atoms with E-state index in [1.54, 1.807) is 36.4 Å². The van der Waals surface area contributed by atoms with Crippen molar-refractivity contribution in [2.45, 2.75) is 38.3 Å². The second-order valence-electron chi connectivity index (χ2n) is 8.15. The average molecular weight is 475 g/mol. The second kappa shape index (κ2) is 11.5. The minimum absolute atomic E-state index is 0.0507. The largest absolute Gasteiger partial charge is 0.492 e. The Hall–Kier alpha value is -2.61. The van der Waals surface area contributed by atoms with Gasteiger partial charge in [-0.1, -0.05) is 36.7 Å². The molecule has 7 nitrogen and oxygen atoms in total. The Kier molecular flexibility index (Phi) is 8.72. The molecule has 2 aromatic carbocycles. The first kappa shape index (κ1) is 25.0. The van der Waals surface area contributed by atoms with Crippen LogP contribution in [0, 0.1) is 0 Å². The lowest BCUT2D eigenvalue weighted by Gasteiger charge is -2.45. The minimum atomic E-state index is -0.974. The SMILES string of the molecule is CCN(CCOc1cccc(Cl)c1)C1(C(=O)NC(C)c2ccc(C(=O)O)cc2)CCOCC1. The summed E-state index contributed by atoms with van der Waals surface area (Å²) in [7, 11) is 0. The highest BCUT2D eigenvalue weighted by molar-refractivity contribution is 6.30. The van der Waals surface area contributed by atoms with Crippen LogP contribution in [0.4, 0.5) is 0 Å². The van der Waals surface area contributed by atoms with Crippen molar-refractivity contribution in [3.05, 3.63) is 64.7 Å². The first-order chi connectivity index (χ1) is 15.9. The summed E-state index contributed by atoms with van der Waals surface area (Å²) in [6, 6.07) is 13.6. The Morgan fingerprint density at radius 3 is 2.52 bits per heavy atom. The zero-order valence-electron chi connectivity index (χ0n) is 19.1. The summed E-state index contributed by atoms with van der Waals surface area (Å²) in [5.41, 5.74) is 0.373. The van der Waals surface area contributed by atoms with Gasteiger partial charge in [-0.3, -0.25) is 9.69 Å². The second-order valence-corrected chi connectivity index (χ2v) is 8.59. The van der Waals surface area contributed by atoms with Crippen molar-refractivity contribution in [1.82, 2.24) is 10.2 Å². The molecule has 1 aliphatic heterocycles. The summed E-state index contributed by atoms with van der Waals surface area (Å²) >= 11 is 6.04. The lowest BCUT2D eigenvalue weighted by molar-refractivity contribution is -0.141. The number of ether oxygens (including phenoxy) is 2. The molecular weight excluding hydrogens is 444 g/mol. The predicted molar refractivity (Wildman–Crippen MR) is 127 cm³/mol. The van der Waals surface area contributed by atoms with Gasteiger partial charge in [0.15, 0.2) is 0 Å². The minimum Gasteiger partial charge on any atom is -0.492 e. The van der Waals surface area contributed by atoms with Crippen LogP contribution in [0.25, 0.3) is 0 Å². The fourth-order valence-corrected chi connectivity index (χ4v) is 4.41. The quantitative estimate of drug-likeness (QED) is 0.537. The van der Waals surface area contributed by atoms with Gasteiger partial charge in [0.05, 0.1) is 11.6 Å². The number of carbonyl (C=O) groups is 2. The maximum Gasteiger partial charge on any atom is 0.335 e. The molecule has 2 N–H and O–H groups in total. The number of aromatic carboxylic acids is 1. The molecule has 1 unspecified atom stereocenters. The highest BCUT2D eigenvalue weighted by Gasteiger charge is 2.45. The molecule has 1 atom stereocenters. The van der Waals surface area contributed by atoms with Crippen LogP contribution in [0.3, 0.4) is 0 Å². The van der Waals surface area contributed by atoms with Gasteiger partial charge in [-0.2, -0.15) is 0 Å². The number of carbonyl (C=O) groups excluding carboxylic acids is 1. The number of likely N-dealkylation sites (N-methyl/N-ethyl adjacent to an activating group) is 1. The van der Waals surface area contributed by atoms with E-state index in [2.05, 4.69) is 10.2 Å². The van der Waals surface area contributed by atoms with E-state index in [0.717, 1.165) is 5.56 Å². The molecule has 1 fully saturated rings. The van der Waals surface area contributed by atoms with E-state index in [9.17, 15) is 9.59 Å². The first-order valence-corrected chi connectivity index (χ1v) is 11.6. The Morgan fingerprint density at radius 1 is 1.21 bits per heavy atom. The summed E-state index contributed by atoms with van der Waals surface area (Å²) in [6.45, 7) is 6.67. The molecule has 0 bridgehead atoms. The zero-order valence-corrected chi connectivity index (χ0v) is 19.8. The maximum atomic E-state index is 13.6. The van der Waals surface area contributed by atoms with Crippen molar-refractivity contribution >= 4 is 23.5 Å². The van der Waals surface area contributed by atoms with E-state index in [1.165, 1.54) is 0 Å². The number of carboxylic acid groups (broad SMARTS) is 1. The van der Waals surface area contributed by atoms with Crippen LogP contribution in [0.15, 0.2) is 48.5 Å². The Bertz CT molecular complexity index is 944. The van der Waals surface area contributed by atoms with Crippen LogP contribution < -0.4 is 10.1 Å². The van der Waals surface area contributed by atoms with Crippen molar-refractivity contribution in [2.24, 2.45) is 0 Å². The van der Waals surface area contributed by atoms with E-state index in [0.29, 0.717) is 56.5 Å². The van der Waals surface area contributed by atoms with Crippen LogP contribution in [-0.2, 0) is 9.53 Å². The molecule has 1 aliphatic rings. The monoisotopic (exact) mass is 474 g/mol. The van der Waals surface area contributed by atoms with E-state index in [4.69, 9.17) is 26.2 Å². The fourth-order valence-electron chi connectivity index (χ4n) is 4.23. The number of nitrogens with one attached hydrogen (secondary N) is 1. The van der Waals surface area contributed by atoms with Crippen molar-refractivity contribution in [3.8, 4) is 5.75 Å². The molecule has 2 aromatic rings. The van der Waals surface area contributed by atoms with Gasteiger partial charge in [0, 0.05) is 24.8 Å². The van der Waals surface area contributed by atoms with Gasteiger partial charge in [-0.05, 0) is 62.2 Å². The molecule has 0 aliphatic carbocycles. The number of amides is 1. The Balaban J connectivity index is 1.69. The van der Waals surface area contributed by atoms with Crippen molar-refractivity contribution in [1.29, 1.82) is 0 Å². The smallest absolute Gasteiger partial charge is 0.335 e. The van der Waals surface area contributed by atoms with Gasteiger partial charge in [0.25, 0.3) is 0 Å². The van der Waals surface area contributed by atoms with E-state index in [1.807, 2.05) is 26.0 Å². The Morgan fingerprint density at radius 2 is 1.91 bits per heavy atom. The van der Waals surface area contributed by atoms with Crippen LogP contribution in [-0.4, -0.2) is 60.3 Å². The molecule has 0 saturated carbocycles. The van der Waals surface area contributed by atoms with E-state index >= 15 is 0 Å². The van der Waals surface area contributed by atoms with Gasteiger partial charge in [-0.25, -0.2) is 4.79 Å². The Labute approximate surface area is 199 Å². The summed E-state index contributed by atoms with van der Waals surface area (Å²) < 4.78 is 11.5. The van der Waals surface area contributed by atoms with Gasteiger partial charge in [-0.15, -0.1) is 0 Å². The third-order valence-electron chi connectivity index (χ3n) is 6.16. The molecule has 0 spiro atoms. The number of hydrogen-bond donors (Lipinski definition) is 2. The van der Waals surface area contributed by atoms with E-state index in [-0.39, 0.29) is 17.5 Å². The third kappa shape index (κ3) is 6.25. The van der Waals surface area contributed by atoms with Crippen LogP contribution in [0.2, 0.25) is 5.02 Å². The predicted octanol–water partition coefficient (Wildman–Crippen LogP) is 4.17. The molecule has 0 radical (unpaired) electrons. The normalized spacial score (nSPS) is 16.2. The number of nitrogens with zero attached hydrogens (tertiary/aromatic N) is 1. The molecule has 33 heavy (non-hydrogen) atoms.